The van der Waals surface area contributed by atoms with E-state index < -0.39 is 15.9 Å². The van der Waals surface area contributed by atoms with Gasteiger partial charge in [-0.3, -0.25) is 4.79 Å². The van der Waals surface area contributed by atoms with Crippen LogP contribution in [0.3, 0.4) is 0 Å². The van der Waals surface area contributed by atoms with Crippen molar-refractivity contribution >= 4 is 37.7 Å². The first-order valence-electron chi connectivity index (χ1n) is 8.35. The summed E-state index contributed by atoms with van der Waals surface area (Å²) in [7, 11) is -3.61. The highest BCUT2D eigenvalue weighted by Crippen LogP contribution is 2.25. The molecule has 0 bridgehead atoms. The number of hydrogen-bond donors (Lipinski definition) is 1. The fourth-order valence-electron chi connectivity index (χ4n) is 2.96. The number of anilines is 1. The predicted molar refractivity (Wildman–Crippen MR) is 103 cm³/mol. The maximum absolute atomic E-state index is 12.8. The Morgan fingerprint density at radius 1 is 1.27 bits per heavy atom. The lowest BCUT2D eigenvalue weighted by Crippen LogP contribution is -2.43. The van der Waals surface area contributed by atoms with Crippen LogP contribution in [0.25, 0.3) is 0 Å². The van der Waals surface area contributed by atoms with Crippen LogP contribution < -0.4 is 5.32 Å². The second-order valence-electron chi connectivity index (χ2n) is 6.36. The predicted octanol–water partition coefficient (Wildman–Crippen LogP) is 3.19. The zero-order valence-corrected chi connectivity index (χ0v) is 16.8. The minimum Gasteiger partial charge on any atom is -0.310 e. The molecule has 2 aromatic rings. The van der Waals surface area contributed by atoms with Crippen molar-refractivity contribution in [2.24, 2.45) is 5.92 Å². The Morgan fingerprint density at radius 2 is 2.00 bits per heavy atom. The van der Waals surface area contributed by atoms with Crippen molar-refractivity contribution in [1.29, 1.82) is 0 Å². The highest BCUT2D eigenvalue weighted by molar-refractivity contribution is 9.10. The molecule has 1 amide bonds. The van der Waals surface area contributed by atoms with Crippen LogP contribution in [0.15, 0.2) is 52.0 Å². The zero-order valence-electron chi connectivity index (χ0n) is 14.4. The zero-order chi connectivity index (χ0) is 18.7. The number of halogens is 1. The first-order valence-corrected chi connectivity index (χ1v) is 10.6. The van der Waals surface area contributed by atoms with Crippen molar-refractivity contribution in [1.82, 2.24) is 9.29 Å². The Morgan fingerprint density at radius 3 is 2.69 bits per heavy atom. The summed E-state index contributed by atoms with van der Waals surface area (Å²) in [5.41, 5.74) is 0.999. The van der Waals surface area contributed by atoms with Gasteiger partial charge in [-0.15, -0.1) is 0 Å². The van der Waals surface area contributed by atoms with Gasteiger partial charge in [-0.05, 0) is 61.7 Å². The van der Waals surface area contributed by atoms with Crippen LogP contribution in [0.5, 0.6) is 0 Å². The van der Waals surface area contributed by atoms with E-state index in [9.17, 15) is 13.2 Å². The highest BCUT2D eigenvalue weighted by Gasteiger charge is 2.33. The summed E-state index contributed by atoms with van der Waals surface area (Å²) >= 11 is 3.31. The fourth-order valence-corrected chi connectivity index (χ4v) is 4.75. The minimum absolute atomic E-state index is 0.177. The summed E-state index contributed by atoms with van der Waals surface area (Å²) in [6.07, 6.45) is 2.94. The number of rotatable bonds is 4. The lowest BCUT2D eigenvalue weighted by molar-refractivity contribution is -0.120. The average Bonchev–Trinajstić information content (AvgIpc) is 2.62. The number of pyridine rings is 1. The molecule has 26 heavy (non-hydrogen) atoms. The molecule has 1 saturated heterocycles. The molecule has 0 spiro atoms. The summed E-state index contributed by atoms with van der Waals surface area (Å²) in [4.78, 5) is 16.9. The molecule has 1 aliphatic heterocycles. The standard InChI is InChI=1S/C18H20BrN3O3S/c1-13-8-9-20-17(11-13)21-18(23)14-3-2-10-22(12-14)26(24,25)16-6-4-15(19)5-7-16/h4-9,11,14H,2-3,10,12H2,1H3,(H,20,21,23). The summed E-state index contributed by atoms with van der Waals surface area (Å²) in [6.45, 7) is 2.52. The molecule has 6 nitrogen and oxygen atoms in total. The summed E-state index contributed by atoms with van der Waals surface area (Å²) in [5, 5.41) is 2.79. The van der Waals surface area contributed by atoms with Gasteiger partial charge in [0.15, 0.2) is 0 Å². The number of aromatic nitrogens is 1. The van der Waals surface area contributed by atoms with E-state index in [0.717, 1.165) is 10.0 Å². The second kappa shape index (κ2) is 7.85. The maximum atomic E-state index is 12.8. The molecule has 1 fully saturated rings. The third-order valence-corrected chi connectivity index (χ3v) is 6.78. The fraction of sp³-hybridized carbons (Fsp3) is 0.333. The van der Waals surface area contributed by atoms with Crippen LogP contribution in [0.2, 0.25) is 0 Å². The van der Waals surface area contributed by atoms with Crippen molar-refractivity contribution in [2.45, 2.75) is 24.7 Å². The van der Waals surface area contributed by atoms with E-state index in [1.165, 1.54) is 4.31 Å². The summed E-state index contributed by atoms with van der Waals surface area (Å²) in [5.74, 6) is -0.0991. The number of hydrogen-bond acceptors (Lipinski definition) is 4. The van der Waals surface area contributed by atoms with E-state index in [2.05, 4.69) is 26.2 Å². The monoisotopic (exact) mass is 437 g/mol. The van der Waals surface area contributed by atoms with Gasteiger partial charge in [0, 0.05) is 23.8 Å². The van der Waals surface area contributed by atoms with Gasteiger partial charge in [-0.1, -0.05) is 15.9 Å². The Kier molecular flexibility index (Phi) is 5.74. The number of sulfonamides is 1. The molecule has 138 valence electrons. The smallest absolute Gasteiger partial charge is 0.243 e. The normalized spacial score (nSPS) is 18.5. The van der Waals surface area contributed by atoms with Gasteiger partial charge < -0.3 is 5.32 Å². The number of nitrogens with zero attached hydrogens (tertiary/aromatic N) is 2. The maximum Gasteiger partial charge on any atom is 0.243 e. The lowest BCUT2D eigenvalue weighted by atomic mass is 9.99. The Hall–Kier alpha value is -1.77. The second-order valence-corrected chi connectivity index (χ2v) is 9.22. The molecule has 0 saturated carbocycles. The molecule has 1 atom stereocenters. The van der Waals surface area contributed by atoms with E-state index in [4.69, 9.17) is 0 Å². The van der Waals surface area contributed by atoms with E-state index in [1.54, 1.807) is 36.5 Å². The largest absolute Gasteiger partial charge is 0.310 e. The van der Waals surface area contributed by atoms with Gasteiger partial charge in [0.2, 0.25) is 15.9 Å². The molecule has 1 aromatic carbocycles. The number of carbonyl (C=O) groups is 1. The third kappa shape index (κ3) is 4.31. The number of piperidine rings is 1. The number of aryl methyl sites for hydroxylation is 1. The Labute approximate surface area is 161 Å². The van der Waals surface area contributed by atoms with Gasteiger partial charge >= 0.3 is 0 Å². The molecule has 1 N–H and O–H groups in total. The number of carbonyl (C=O) groups excluding carboxylic acids is 1. The number of nitrogens with one attached hydrogen (secondary N) is 1. The summed E-state index contributed by atoms with van der Waals surface area (Å²) in [6, 6.07) is 10.2. The Bertz CT molecular complexity index is 900. The molecule has 1 aliphatic rings. The molecule has 0 radical (unpaired) electrons. The molecule has 2 heterocycles. The number of benzene rings is 1. The first kappa shape index (κ1) is 19.0. The lowest BCUT2D eigenvalue weighted by Gasteiger charge is -2.31. The van der Waals surface area contributed by atoms with Gasteiger partial charge in [-0.25, -0.2) is 13.4 Å². The van der Waals surface area contributed by atoms with E-state index in [1.807, 2.05) is 13.0 Å². The topological polar surface area (TPSA) is 79.4 Å². The first-order chi connectivity index (χ1) is 12.4. The van der Waals surface area contributed by atoms with Crippen molar-refractivity contribution in [3.63, 3.8) is 0 Å². The summed E-state index contributed by atoms with van der Waals surface area (Å²) < 4.78 is 27.9. The van der Waals surface area contributed by atoms with Gasteiger partial charge in [0.1, 0.15) is 5.82 Å². The van der Waals surface area contributed by atoms with Crippen LogP contribution >= 0.6 is 15.9 Å². The molecule has 1 aromatic heterocycles. The molecule has 8 heteroatoms. The van der Waals surface area contributed by atoms with E-state index in [0.29, 0.717) is 25.2 Å². The quantitative estimate of drug-likeness (QED) is 0.796. The van der Waals surface area contributed by atoms with Crippen LogP contribution in [0.4, 0.5) is 5.82 Å². The van der Waals surface area contributed by atoms with Crippen molar-refractivity contribution in [3.05, 3.63) is 52.6 Å². The average molecular weight is 438 g/mol. The van der Waals surface area contributed by atoms with Crippen molar-refractivity contribution in [3.8, 4) is 0 Å². The molecule has 3 rings (SSSR count). The van der Waals surface area contributed by atoms with Crippen LogP contribution in [0.1, 0.15) is 18.4 Å². The SMILES string of the molecule is Cc1ccnc(NC(=O)C2CCCN(S(=O)(=O)c3ccc(Br)cc3)C2)c1. The number of amides is 1. The van der Waals surface area contributed by atoms with Crippen LogP contribution in [-0.2, 0) is 14.8 Å². The van der Waals surface area contributed by atoms with Crippen molar-refractivity contribution in [2.75, 3.05) is 18.4 Å². The van der Waals surface area contributed by atoms with Gasteiger partial charge in [-0.2, -0.15) is 4.31 Å². The van der Waals surface area contributed by atoms with Gasteiger partial charge in [0.05, 0.1) is 10.8 Å². The van der Waals surface area contributed by atoms with Crippen molar-refractivity contribution < 1.29 is 13.2 Å². The van der Waals surface area contributed by atoms with E-state index >= 15 is 0 Å². The molecular weight excluding hydrogens is 418 g/mol. The minimum atomic E-state index is -3.61. The van der Waals surface area contributed by atoms with Crippen LogP contribution in [-0.4, -0.2) is 36.7 Å². The molecule has 1 unspecified atom stereocenters. The molecular formula is C18H20BrN3O3S. The van der Waals surface area contributed by atoms with E-state index in [-0.39, 0.29) is 17.3 Å². The van der Waals surface area contributed by atoms with Crippen LogP contribution in [0, 0.1) is 12.8 Å². The third-order valence-electron chi connectivity index (χ3n) is 4.37. The van der Waals surface area contributed by atoms with Gasteiger partial charge in [0.25, 0.3) is 0 Å². The highest BCUT2D eigenvalue weighted by atomic mass is 79.9. The molecule has 0 aliphatic carbocycles. The Balaban J connectivity index is 1.72.